The minimum atomic E-state index is -0.319. The van der Waals surface area contributed by atoms with Gasteiger partial charge in [0, 0.05) is 11.6 Å². The minimum Gasteiger partial charge on any atom is -0.366 e. The quantitative estimate of drug-likeness (QED) is 0.664. The Morgan fingerprint density at radius 2 is 1.65 bits per heavy atom. The monoisotopic (exact) mass is 369 g/mol. The molecule has 0 spiro atoms. The molecule has 6 heteroatoms. The van der Waals surface area contributed by atoms with Crippen LogP contribution in [0.25, 0.3) is 0 Å². The zero-order valence-electron chi connectivity index (χ0n) is 13.9. The number of halogens is 2. The molecule has 1 aromatic heterocycles. The van der Waals surface area contributed by atoms with E-state index in [4.69, 9.17) is 11.6 Å². The van der Waals surface area contributed by atoms with Crippen LogP contribution in [-0.4, -0.2) is 10.9 Å². The molecule has 2 aromatic carbocycles. The van der Waals surface area contributed by atoms with Gasteiger partial charge in [-0.25, -0.2) is 9.37 Å². The molecule has 3 rings (SSSR count). The number of hydrogen-bond acceptors (Lipinski definition) is 3. The van der Waals surface area contributed by atoms with Crippen LogP contribution in [0.1, 0.15) is 11.1 Å². The van der Waals surface area contributed by atoms with Gasteiger partial charge in [0.1, 0.15) is 11.6 Å². The van der Waals surface area contributed by atoms with Crippen molar-refractivity contribution in [3.05, 3.63) is 88.8 Å². The SMILES string of the molecule is O=C(Cc1ccc(F)cc1)Nc1ccc(NCc2ccc(Cl)cc2)nc1. The van der Waals surface area contributed by atoms with Crippen LogP contribution in [-0.2, 0) is 17.8 Å². The van der Waals surface area contributed by atoms with Crippen LogP contribution in [0, 0.1) is 5.82 Å². The summed E-state index contributed by atoms with van der Waals surface area (Å²) in [4.78, 5) is 16.3. The molecule has 0 saturated carbocycles. The summed E-state index contributed by atoms with van der Waals surface area (Å²) in [7, 11) is 0. The Bertz CT molecular complexity index is 865. The van der Waals surface area contributed by atoms with Crippen molar-refractivity contribution in [2.24, 2.45) is 0 Å². The van der Waals surface area contributed by atoms with E-state index in [-0.39, 0.29) is 18.1 Å². The highest BCUT2D eigenvalue weighted by Crippen LogP contribution is 2.14. The Kier molecular flexibility index (Phi) is 5.81. The fraction of sp³-hybridized carbons (Fsp3) is 0.100. The third-order valence-corrected chi connectivity index (χ3v) is 3.96. The second-order valence-corrected chi connectivity index (χ2v) is 6.20. The lowest BCUT2D eigenvalue weighted by atomic mass is 10.1. The average molecular weight is 370 g/mol. The van der Waals surface area contributed by atoms with Crippen LogP contribution in [0.15, 0.2) is 66.9 Å². The molecule has 0 atom stereocenters. The van der Waals surface area contributed by atoms with Gasteiger partial charge in [-0.1, -0.05) is 35.9 Å². The molecule has 3 aromatic rings. The Morgan fingerprint density at radius 3 is 2.31 bits per heavy atom. The largest absolute Gasteiger partial charge is 0.366 e. The molecule has 4 nitrogen and oxygen atoms in total. The Morgan fingerprint density at radius 1 is 0.962 bits per heavy atom. The molecule has 2 N–H and O–H groups in total. The number of amides is 1. The summed E-state index contributed by atoms with van der Waals surface area (Å²) in [6.07, 6.45) is 1.77. The van der Waals surface area contributed by atoms with Gasteiger partial charge < -0.3 is 10.6 Å². The number of aromatic nitrogens is 1. The Balaban J connectivity index is 1.51. The average Bonchev–Trinajstić information content (AvgIpc) is 2.64. The van der Waals surface area contributed by atoms with Crippen LogP contribution >= 0.6 is 11.6 Å². The summed E-state index contributed by atoms with van der Waals surface area (Å²) < 4.78 is 12.9. The number of nitrogens with one attached hydrogen (secondary N) is 2. The number of anilines is 2. The summed E-state index contributed by atoms with van der Waals surface area (Å²) in [5, 5.41) is 6.68. The summed E-state index contributed by atoms with van der Waals surface area (Å²) in [5.41, 5.74) is 2.44. The van der Waals surface area contributed by atoms with E-state index in [0.29, 0.717) is 23.1 Å². The van der Waals surface area contributed by atoms with Crippen LogP contribution in [0.5, 0.6) is 0 Å². The van der Waals surface area contributed by atoms with Gasteiger partial charge in [0.2, 0.25) is 5.91 Å². The highest BCUT2D eigenvalue weighted by atomic mass is 35.5. The van der Waals surface area contributed by atoms with Crippen molar-refractivity contribution < 1.29 is 9.18 Å². The van der Waals surface area contributed by atoms with E-state index in [1.165, 1.54) is 12.1 Å². The first-order valence-corrected chi connectivity index (χ1v) is 8.45. The van der Waals surface area contributed by atoms with Gasteiger partial charge in [0.15, 0.2) is 0 Å². The highest BCUT2D eigenvalue weighted by molar-refractivity contribution is 6.30. The molecule has 0 aliphatic heterocycles. The highest BCUT2D eigenvalue weighted by Gasteiger charge is 2.05. The zero-order valence-corrected chi connectivity index (χ0v) is 14.6. The molecule has 0 saturated heterocycles. The van der Waals surface area contributed by atoms with E-state index >= 15 is 0 Å². The van der Waals surface area contributed by atoms with Gasteiger partial charge in [-0.3, -0.25) is 4.79 Å². The van der Waals surface area contributed by atoms with E-state index in [1.807, 2.05) is 24.3 Å². The molecule has 0 aliphatic carbocycles. The van der Waals surface area contributed by atoms with Gasteiger partial charge in [0.25, 0.3) is 0 Å². The van der Waals surface area contributed by atoms with Crippen molar-refractivity contribution >= 4 is 29.0 Å². The van der Waals surface area contributed by atoms with Crippen molar-refractivity contribution in [3.8, 4) is 0 Å². The first-order valence-electron chi connectivity index (χ1n) is 8.07. The lowest BCUT2D eigenvalue weighted by Crippen LogP contribution is -2.14. The van der Waals surface area contributed by atoms with Crippen LogP contribution in [0.2, 0.25) is 5.02 Å². The standard InChI is InChI=1S/C20H17ClFN3O/c21-16-5-1-15(2-6-16)12-23-19-10-9-18(13-24-19)25-20(26)11-14-3-7-17(22)8-4-14/h1-10,13H,11-12H2,(H,23,24)(H,25,26). The maximum atomic E-state index is 12.9. The molecule has 26 heavy (non-hydrogen) atoms. The predicted octanol–water partition coefficient (Wildman–Crippen LogP) is 4.67. The summed E-state index contributed by atoms with van der Waals surface area (Å²) >= 11 is 5.86. The molecule has 1 heterocycles. The maximum absolute atomic E-state index is 12.9. The van der Waals surface area contributed by atoms with Crippen molar-refractivity contribution in [1.29, 1.82) is 0 Å². The number of hydrogen-bond donors (Lipinski definition) is 2. The maximum Gasteiger partial charge on any atom is 0.228 e. The third-order valence-electron chi connectivity index (χ3n) is 3.71. The lowest BCUT2D eigenvalue weighted by molar-refractivity contribution is -0.115. The van der Waals surface area contributed by atoms with E-state index < -0.39 is 0 Å². The van der Waals surface area contributed by atoms with Gasteiger partial charge >= 0.3 is 0 Å². The Hall–Kier alpha value is -2.92. The number of rotatable bonds is 6. The number of carbonyl (C=O) groups excluding carboxylic acids is 1. The Labute approximate surface area is 156 Å². The lowest BCUT2D eigenvalue weighted by Gasteiger charge is -2.08. The second kappa shape index (κ2) is 8.45. The number of carbonyl (C=O) groups is 1. The van der Waals surface area contributed by atoms with Crippen LogP contribution < -0.4 is 10.6 Å². The molecular formula is C20H17ClFN3O. The van der Waals surface area contributed by atoms with Gasteiger partial charge in [-0.15, -0.1) is 0 Å². The van der Waals surface area contributed by atoms with E-state index in [0.717, 1.165) is 11.1 Å². The number of pyridine rings is 1. The van der Waals surface area contributed by atoms with Gasteiger partial charge in [-0.05, 0) is 47.5 Å². The molecular weight excluding hydrogens is 353 g/mol. The molecule has 0 fully saturated rings. The molecule has 0 bridgehead atoms. The number of nitrogens with zero attached hydrogens (tertiary/aromatic N) is 1. The van der Waals surface area contributed by atoms with Crippen molar-refractivity contribution in [2.75, 3.05) is 10.6 Å². The third kappa shape index (κ3) is 5.29. The van der Waals surface area contributed by atoms with Crippen molar-refractivity contribution in [2.45, 2.75) is 13.0 Å². The normalized spacial score (nSPS) is 10.4. The van der Waals surface area contributed by atoms with Gasteiger partial charge in [0.05, 0.1) is 18.3 Å². The van der Waals surface area contributed by atoms with Crippen LogP contribution in [0.3, 0.4) is 0 Å². The molecule has 1 amide bonds. The summed E-state index contributed by atoms with van der Waals surface area (Å²) in [6, 6.07) is 17.0. The van der Waals surface area contributed by atoms with E-state index in [1.54, 1.807) is 30.5 Å². The van der Waals surface area contributed by atoms with E-state index in [2.05, 4.69) is 15.6 Å². The summed E-state index contributed by atoms with van der Waals surface area (Å²) in [6.45, 7) is 0.625. The molecule has 132 valence electrons. The first kappa shape index (κ1) is 17.9. The van der Waals surface area contributed by atoms with Gasteiger partial charge in [-0.2, -0.15) is 0 Å². The van der Waals surface area contributed by atoms with E-state index in [9.17, 15) is 9.18 Å². The number of benzene rings is 2. The first-order chi connectivity index (χ1) is 12.6. The topological polar surface area (TPSA) is 54.0 Å². The zero-order chi connectivity index (χ0) is 18.4. The fourth-order valence-corrected chi connectivity index (χ4v) is 2.49. The van der Waals surface area contributed by atoms with Crippen molar-refractivity contribution in [3.63, 3.8) is 0 Å². The van der Waals surface area contributed by atoms with Crippen LogP contribution in [0.4, 0.5) is 15.9 Å². The minimum absolute atomic E-state index is 0.177. The smallest absolute Gasteiger partial charge is 0.228 e. The van der Waals surface area contributed by atoms with Crippen molar-refractivity contribution in [1.82, 2.24) is 4.98 Å². The summed E-state index contributed by atoms with van der Waals surface area (Å²) in [5.74, 6) is 0.205. The fourth-order valence-electron chi connectivity index (χ4n) is 2.36. The molecule has 0 unspecified atom stereocenters. The second-order valence-electron chi connectivity index (χ2n) is 5.76. The predicted molar refractivity (Wildman–Crippen MR) is 102 cm³/mol. The molecule has 0 radical (unpaired) electrons. The molecule has 0 aliphatic rings.